The second-order valence-corrected chi connectivity index (χ2v) is 8.02. The average molecular weight is 417 g/mol. The van der Waals surface area contributed by atoms with Gasteiger partial charge in [0.25, 0.3) is 5.91 Å². The summed E-state index contributed by atoms with van der Waals surface area (Å²) < 4.78 is 7.28. The fraction of sp³-hybridized carbons (Fsp3) is 0.476. The summed E-state index contributed by atoms with van der Waals surface area (Å²) in [6.07, 6.45) is 5.25. The Kier molecular flexibility index (Phi) is 7.71. The molecular formula is C21H28N4O3S. The van der Waals surface area contributed by atoms with Crippen LogP contribution < -0.4 is 5.32 Å². The Morgan fingerprint density at radius 1 is 1.24 bits per heavy atom. The van der Waals surface area contributed by atoms with E-state index in [2.05, 4.69) is 10.4 Å². The minimum atomic E-state index is -0.685. The van der Waals surface area contributed by atoms with Crippen molar-refractivity contribution in [1.82, 2.24) is 14.7 Å². The molecule has 2 heterocycles. The van der Waals surface area contributed by atoms with Gasteiger partial charge in [-0.2, -0.15) is 16.9 Å². The van der Waals surface area contributed by atoms with E-state index >= 15 is 0 Å². The van der Waals surface area contributed by atoms with E-state index in [0.29, 0.717) is 12.2 Å². The van der Waals surface area contributed by atoms with Crippen molar-refractivity contribution in [3.63, 3.8) is 0 Å². The molecule has 1 N–H and O–H groups in total. The number of carbonyl (C=O) groups is 2. The third-order valence-corrected chi connectivity index (χ3v) is 5.79. The highest BCUT2D eigenvalue weighted by molar-refractivity contribution is 7.98. The summed E-state index contributed by atoms with van der Waals surface area (Å²) in [4.78, 5) is 26.9. The Hall–Kier alpha value is -2.32. The first-order chi connectivity index (χ1) is 14.1. The number of anilines is 1. The van der Waals surface area contributed by atoms with Gasteiger partial charge in [-0.1, -0.05) is 30.3 Å². The Morgan fingerprint density at radius 2 is 1.97 bits per heavy atom. The summed E-state index contributed by atoms with van der Waals surface area (Å²) in [5.74, 6) is 1.50. The van der Waals surface area contributed by atoms with Crippen LogP contribution in [0.1, 0.15) is 37.0 Å². The molecule has 1 fully saturated rings. The van der Waals surface area contributed by atoms with Crippen molar-refractivity contribution in [3.8, 4) is 0 Å². The van der Waals surface area contributed by atoms with Gasteiger partial charge in [0, 0.05) is 38.4 Å². The van der Waals surface area contributed by atoms with E-state index in [0.717, 1.165) is 37.2 Å². The van der Waals surface area contributed by atoms with Crippen LogP contribution in [0.25, 0.3) is 0 Å². The van der Waals surface area contributed by atoms with E-state index in [1.807, 2.05) is 46.2 Å². The largest absolute Gasteiger partial charge is 0.367 e. The maximum Gasteiger partial charge on any atom is 0.259 e. The minimum absolute atomic E-state index is 0.155. The van der Waals surface area contributed by atoms with Gasteiger partial charge in [-0.25, -0.2) is 4.68 Å². The molecule has 8 heteroatoms. The molecule has 3 rings (SSSR count). The highest BCUT2D eigenvalue weighted by atomic mass is 32.2. The monoisotopic (exact) mass is 416 g/mol. The first kappa shape index (κ1) is 21.4. The lowest BCUT2D eigenvalue weighted by atomic mass is 10.0. The number of thioether (sulfide) groups is 1. The standard InChI is InChI=1S/C21H28N4O3S/c1-28-20(16-6-4-3-5-7-16)21(27)23-18-8-12-22-25(18)17-9-13-24(14-10-17)19(26)11-15-29-2/h3-8,12,17,20H,9-11,13-15H2,1-2H3,(H,23,27)/t20-/m1/s1. The second kappa shape index (κ2) is 10.5. The van der Waals surface area contributed by atoms with E-state index in [4.69, 9.17) is 4.74 Å². The molecule has 156 valence electrons. The summed E-state index contributed by atoms with van der Waals surface area (Å²) in [7, 11) is 1.53. The molecule has 0 saturated carbocycles. The predicted molar refractivity (Wildman–Crippen MR) is 115 cm³/mol. The van der Waals surface area contributed by atoms with Crippen LogP contribution in [0, 0.1) is 0 Å². The number of nitrogens with zero attached hydrogens (tertiary/aromatic N) is 3. The van der Waals surface area contributed by atoms with Crippen molar-refractivity contribution < 1.29 is 14.3 Å². The molecular weight excluding hydrogens is 388 g/mol. The Labute approximate surface area is 175 Å². The number of nitrogens with one attached hydrogen (secondary N) is 1. The van der Waals surface area contributed by atoms with Gasteiger partial charge in [0.1, 0.15) is 5.82 Å². The maximum atomic E-state index is 12.8. The van der Waals surface area contributed by atoms with E-state index in [9.17, 15) is 9.59 Å². The zero-order chi connectivity index (χ0) is 20.6. The molecule has 1 saturated heterocycles. The number of likely N-dealkylation sites (tertiary alicyclic amines) is 1. The zero-order valence-corrected chi connectivity index (χ0v) is 17.7. The molecule has 0 unspecified atom stereocenters. The van der Waals surface area contributed by atoms with Crippen LogP contribution in [0.4, 0.5) is 5.82 Å². The molecule has 7 nitrogen and oxygen atoms in total. The number of piperidine rings is 1. The molecule has 1 atom stereocenters. The summed E-state index contributed by atoms with van der Waals surface area (Å²) in [5.41, 5.74) is 0.802. The van der Waals surface area contributed by atoms with Gasteiger partial charge >= 0.3 is 0 Å². The van der Waals surface area contributed by atoms with Crippen LogP contribution in [0.15, 0.2) is 42.6 Å². The van der Waals surface area contributed by atoms with Gasteiger partial charge < -0.3 is 15.0 Å². The SMILES string of the molecule is CO[C@@H](C(=O)Nc1ccnn1C1CCN(C(=O)CCSC)CC1)c1ccccc1. The third-order valence-electron chi connectivity index (χ3n) is 5.18. The second-order valence-electron chi connectivity index (χ2n) is 7.03. The van der Waals surface area contributed by atoms with Gasteiger partial charge in [-0.15, -0.1) is 0 Å². The minimum Gasteiger partial charge on any atom is -0.367 e. The molecule has 0 spiro atoms. The maximum absolute atomic E-state index is 12.8. The summed E-state index contributed by atoms with van der Waals surface area (Å²) in [5, 5.41) is 7.38. The van der Waals surface area contributed by atoms with Crippen LogP contribution in [0.2, 0.25) is 0 Å². The summed E-state index contributed by atoms with van der Waals surface area (Å²) >= 11 is 1.69. The molecule has 1 aliphatic heterocycles. The fourth-order valence-corrected chi connectivity index (χ4v) is 4.00. The molecule has 2 amide bonds. The lowest BCUT2D eigenvalue weighted by Crippen LogP contribution is -2.39. The van der Waals surface area contributed by atoms with Crippen LogP contribution in [0.3, 0.4) is 0 Å². The Bertz CT molecular complexity index is 803. The number of hydrogen-bond donors (Lipinski definition) is 1. The highest BCUT2D eigenvalue weighted by Crippen LogP contribution is 2.27. The summed E-state index contributed by atoms with van der Waals surface area (Å²) in [6.45, 7) is 1.44. The molecule has 2 aromatic rings. The van der Waals surface area contributed by atoms with Crippen molar-refractivity contribution >= 4 is 29.4 Å². The third kappa shape index (κ3) is 5.39. The van der Waals surface area contributed by atoms with Crippen LogP contribution in [-0.4, -0.2) is 58.7 Å². The number of aromatic nitrogens is 2. The van der Waals surface area contributed by atoms with E-state index in [1.165, 1.54) is 7.11 Å². The lowest BCUT2D eigenvalue weighted by molar-refractivity contribution is -0.132. The zero-order valence-electron chi connectivity index (χ0n) is 16.9. The number of methoxy groups -OCH3 is 1. The number of hydrogen-bond acceptors (Lipinski definition) is 5. The highest BCUT2D eigenvalue weighted by Gasteiger charge is 2.27. The molecule has 0 radical (unpaired) electrons. The molecule has 29 heavy (non-hydrogen) atoms. The van der Waals surface area contributed by atoms with Gasteiger partial charge in [0.05, 0.1) is 12.2 Å². The number of ether oxygens (including phenoxy) is 1. The van der Waals surface area contributed by atoms with E-state index < -0.39 is 6.10 Å². The molecule has 1 aromatic heterocycles. The molecule has 0 aliphatic carbocycles. The van der Waals surface area contributed by atoms with Gasteiger partial charge in [0.15, 0.2) is 6.10 Å². The number of benzene rings is 1. The molecule has 0 bridgehead atoms. The van der Waals surface area contributed by atoms with Gasteiger partial charge in [0.2, 0.25) is 5.91 Å². The van der Waals surface area contributed by atoms with Crippen molar-refractivity contribution in [2.24, 2.45) is 0 Å². The molecule has 1 aliphatic rings. The lowest BCUT2D eigenvalue weighted by Gasteiger charge is -2.33. The number of rotatable bonds is 8. The van der Waals surface area contributed by atoms with Crippen molar-refractivity contribution in [1.29, 1.82) is 0 Å². The van der Waals surface area contributed by atoms with Crippen molar-refractivity contribution in [2.45, 2.75) is 31.4 Å². The quantitative estimate of drug-likeness (QED) is 0.716. The fourth-order valence-electron chi connectivity index (χ4n) is 3.63. The van der Waals surface area contributed by atoms with Gasteiger partial charge in [-0.05, 0) is 24.7 Å². The predicted octanol–water partition coefficient (Wildman–Crippen LogP) is 3.13. The first-order valence-corrected chi connectivity index (χ1v) is 11.2. The summed E-state index contributed by atoms with van der Waals surface area (Å²) in [6, 6.07) is 11.4. The molecule has 1 aromatic carbocycles. The smallest absolute Gasteiger partial charge is 0.259 e. The normalized spacial score (nSPS) is 15.9. The average Bonchev–Trinajstić information content (AvgIpc) is 3.21. The van der Waals surface area contributed by atoms with E-state index in [1.54, 1.807) is 24.0 Å². The Balaban J connectivity index is 1.61. The van der Waals surface area contributed by atoms with Crippen molar-refractivity contribution in [3.05, 3.63) is 48.2 Å². The number of amides is 2. The Morgan fingerprint density at radius 3 is 2.62 bits per heavy atom. The number of carbonyl (C=O) groups excluding carboxylic acids is 2. The topological polar surface area (TPSA) is 76.5 Å². The first-order valence-electron chi connectivity index (χ1n) is 9.83. The van der Waals surface area contributed by atoms with Crippen LogP contribution in [0.5, 0.6) is 0 Å². The van der Waals surface area contributed by atoms with E-state index in [-0.39, 0.29) is 17.9 Å². The van der Waals surface area contributed by atoms with Gasteiger partial charge in [-0.3, -0.25) is 9.59 Å². The van der Waals surface area contributed by atoms with Crippen LogP contribution >= 0.6 is 11.8 Å². The van der Waals surface area contributed by atoms with Crippen molar-refractivity contribution in [2.75, 3.05) is 37.5 Å². The van der Waals surface area contributed by atoms with Crippen LogP contribution in [-0.2, 0) is 14.3 Å².